The molecule has 0 amide bonds. The van der Waals surface area contributed by atoms with E-state index in [4.69, 9.17) is 14.2 Å². The zero-order valence-corrected chi connectivity index (χ0v) is 19.9. The molecule has 29 heavy (non-hydrogen) atoms. The minimum Gasteiger partial charge on any atom is -0.377 e. The summed E-state index contributed by atoms with van der Waals surface area (Å²) in [5.74, 6) is 0.535. The smallest absolute Gasteiger partial charge is 0.168 e. The largest absolute Gasteiger partial charge is 0.377 e. The van der Waals surface area contributed by atoms with Crippen LogP contribution in [0.15, 0.2) is 0 Å². The van der Waals surface area contributed by atoms with E-state index in [0.717, 1.165) is 51.5 Å². The van der Waals surface area contributed by atoms with Crippen molar-refractivity contribution in [2.75, 3.05) is 26.3 Å². The maximum atomic E-state index is 6.55. The Morgan fingerprint density at radius 2 is 1.86 bits per heavy atom. The summed E-state index contributed by atoms with van der Waals surface area (Å²) in [6, 6.07) is 0.552. The second-order valence-corrected chi connectivity index (χ2v) is 10.8. The highest BCUT2D eigenvalue weighted by atomic mass is 16.7. The Morgan fingerprint density at radius 1 is 1.10 bits per heavy atom. The lowest BCUT2D eigenvalue weighted by Crippen LogP contribution is -2.41. The Bertz CT molecular complexity index is 478. The fourth-order valence-corrected chi connectivity index (χ4v) is 5.62. The van der Waals surface area contributed by atoms with Gasteiger partial charge in [-0.25, -0.2) is 0 Å². The average Bonchev–Trinajstić information content (AvgIpc) is 3.34. The molecule has 170 valence electrons. The molecule has 1 spiro atoms. The van der Waals surface area contributed by atoms with Crippen molar-refractivity contribution in [2.24, 2.45) is 11.3 Å². The van der Waals surface area contributed by atoms with Crippen LogP contribution in [0.4, 0.5) is 0 Å². The Kier molecular flexibility index (Phi) is 8.46. The lowest BCUT2D eigenvalue weighted by atomic mass is 9.67. The van der Waals surface area contributed by atoms with Gasteiger partial charge in [0.1, 0.15) is 0 Å². The molecule has 2 unspecified atom stereocenters. The summed E-state index contributed by atoms with van der Waals surface area (Å²) in [6.07, 6.45) is 12.8. The van der Waals surface area contributed by atoms with Crippen LogP contribution in [-0.2, 0) is 14.2 Å². The SMILES string of the molecule is CCCCC(C)(C)C1CCC2(CC1)OCC(CCN(CC1CCCO1)C(C)C)O2. The third-order valence-electron chi connectivity index (χ3n) is 7.87. The molecule has 2 heterocycles. The van der Waals surface area contributed by atoms with E-state index in [1.54, 1.807) is 0 Å². The Labute approximate surface area is 180 Å². The molecular weight excluding hydrogens is 362 g/mol. The Morgan fingerprint density at radius 3 is 2.48 bits per heavy atom. The van der Waals surface area contributed by atoms with E-state index in [0.29, 0.717) is 17.6 Å². The molecule has 0 radical (unpaired) electrons. The highest BCUT2D eigenvalue weighted by Crippen LogP contribution is 2.47. The molecule has 0 aromatic rings. The average molecular weight is 410 g/mol. The van der Waals surface area contributed by atoms with Crippen molar-refractivity contribution < 1.29 is 14.2 Å². The van der Waals surface area contributed by atoms with E-state index in [1.165, 1.54) is 44.9 Å². The van der Waals surface area contributed by atoms with Crippen LogP contribution in [0.5, 0.6) is 0 Å². The maximum Gasteiger partial charge on any atom is 0.168 e. The molecule has 0 bridgehead atoms. The summed E-state index contributed by atoms with van der Waals surface area (Å²) in [5, 5.41) is 0. The fraction of sp³-hybridized carbons (Fsp3) is 1.00. The van der Waals surface area contributed by atoms with Crippen molar-refractivity contribution in [3.8, 4) is 0 Å². The quantitative estimate of drug-likeness (QED) is 0.457. The first kappa shape index (κ1) is 23.5. The number of ether oxygens (including phenoxy) is 3. The summed E-state index contributed by atoms with van der Waals surface area (Å²) in [7, 11) is 0. The summed E-state index contributed by atoms with van der Waals surface area (Å²) < 4.78 is 18.7. The maximum absolute atomic E-state index is 6.55. The second-order valence-electron chi connectivity index (χ2n) is 10.8. The van der Waals surface area contributed by atoms with Crippen LogP contribution in [0.3, 0.4) is 0 Å². The highest BCUT2D eigenvalue weighted by Gasteiger charge is 2.46. The predicted molar refractivity (Wildman–Crippen MR) is 119 cm³/mol. The molecule has 1 saturated carbocycles. The van der Waals surface area contributed by atoms with Crippen molar-refractivity contribution >= 4 is 0 Å². The molecule has 0 aromatic carbocycles. The molecule has 2 saturated heterocycles. The summed E-state index contributed by atoms with van der Waals surface area (Å²) >= 11 is 0. The second kappa shape index (κ2) is 10.4. The normalized spacial score (nSPS) is 33.4. The van der Waals surface area contributed by atoms with Crippen LogP contribution in [0.25, 0.3) is 0 Å². The van der Waals surface area contributed by atoms with Gasteiger partial charge in [0, 0.05) is 38.6 Å². The van der Waals surface area contributed by atoms with Crippen molar-refractivity contribution in [3.63, 3.8) is 0 Å². The van der Waals surface area contributed by atoms with Crippen LogP contribution in [0.1, 0.15) is 98.8 Å². The number of unbranched alkanes of at least 4 members (excludes halogenated alkanes) is 1. The fourth-order valence-electron chi connectivity index (χ4n) is 5.62. The van der Waals surface area contributed by atoms with Gasteiger partial charge in [-0.15, -0.1) is 0 Å². The van der Waals surface area contributed by atoms with Crippen LogP contribution in [0.2, 0.25) is 0 Å². The molecule has 4 heteroatoms. The van der Waals surface area contributed by atoms with Gasteiger partial charge in [0.25, 0.3) is 0 Å². The summed E-state index contributed by atoms with van der Waals surface area (Å²) in [6.45, 7) is 15.7. The van der Waals surface area contributed by atoms with Gasteiger partial charge in [0.2, 0.25) is 0 Å². The molecule has 3 aliphatic rings. The van der Waals surface area contributed by atoms with E-state index in [2.05, 4.69) is 39.5 Å². The Balaban J connectivity index is 1.42. The van der Waals surface area contributed by atoms with Crippen molar-refractivity contribution in [3.05, 3.63) is 0 Å². The van der Waals surface area contributed by atoms with Crippen molar-refractivity contribution in [1.29, 1.82) is 0 Å². The third-order valence-corrected chi connectivity index (χ3v) is 7.87. The highest BCUT2D eigenvalue weighted by molar-refractivity contribution is 4.90. The number of rotatable bonds is 10. The predicted octanol–water partition coefficient (Wildman–Crippen LogP) is 5.78. The molecule has 1 aliphatic carbocycles. The minimum absolute atomic E-state index is 0.255. The minimum atomic E-state index is -0.279. The van der Waals surface area contributed by atoms with E-state index in [9.17, 15) is 0 Å². The third kappa shape index (κ3) is 6.41. The lowest BCUT2D eigenvalue weighted by Gasteiger charge is -2.42. The summed E-state index contributed by atoms with van der Waals surface area (Å²) in [4.78, 5) is 2.57. The van der Waals surface area contributed by atoms with Gasteiger partial charge in [0.15, 0.2) is 5.79 Å². The molecule has 3 rings (SSSR count). The number of hydrogen-bond donors (Lipinski definition) is 0. The lowest BCUT2D eigenvalue weighted by molar-refractivity contribution is -0.198. The summed E-state index contributed by atoms with van der Waals surface area (Å²) in [5.41, 5.74) is 0.454. The number of hydrogen-bond acceptors (Lipinski definition) is 4. The monoisotopic (exact) mass is 409 g/mol. The van der Waals surface area contributed by atoms with Crippen LogP contribution in [0, 0.1) is 11.3 Å². The molecule has 3 fully saturated rings. The zero-order chi connectivity index (χ0) is 20.9. The van der Waals surface area contributed by atoms with Gasteiger partial charge in [-0.3, -0.25) is 4.90 Å². The van der Waals surface area contributed by atoms with Crippen LogP contribution in [-0.4, -0.2) is 55.2 Å². The standard InChI is InChI=1S/C25H47NO3/c1-6-7-13-24(4,5)21-10-14-25(15-11-21)28-19-23(29-25)12-16-26(20(2)3)18-22-9-8-17-27-22/h20-23H,6-19H2,1-5H3. The van der Waals surface area contributed by atoms with Crippen LogP contribution >= 0.6 is 0 Å². The molecule has 0 aromatic heterocycles. The molecular formula is C25H47NO3. The van der Waals surface area contributed by atoms with Gasteiger partial charge < -0.3 is 14.2 Å². The first-order valence-electron chi connectivity index (χ1n) is 12.5. The van der Waals surface area contributed by atoms with Crippen LogP contribution < -0.4 is 0 Å². The van der Waals surface area contributed by atoms with Gasteiger partial charge >= 0.3 is 0 Å². The van der Waals surface area contributed by atoms with Gasteiger partial charge in [0.05, 0.1) is 18.8 Å². The molecule has 2 aliphatic heterocycles. The first-order valence-corrected chi connectivity index (χ1v) is 12.5. The van der Waals surface area contributed by atoms with E-state index in [1.807, 2.05) is 0 Å². The number of nitrogens with zero attached hydrogens (tertiary/aromatic N) is 1. The van der Waals surface area contributed by atoms with Gasteiger partial charge in [-0.1, -0.05) is 33.6 Å². The van der Waals surface area contributed by atoms with Gasteiger partial charge in [-0.05, 0) is 63.7 Å². The molecule has 0 N–H and O–H groups in total. The molecule has 2 atom stereocenters. The van der Waals surface area contributed by atoms with Gasteiger partial charge in [-0.2, -0.15) is 0 Å². The Hall–Kier alpha value is -0.160. The van der Waals surface area contributed by atoms with E-state index in [-0.39, 0.29) is 11.9 Å². The topological polar surface area (TPSA) is 30.9 Å². The van der Waals surface area contributed by atoms with E-state index >= 15 is 0 Å². The van der Waals surface area contributed by atoms with Crippen molar-refractivity contribution in [2.45, 2.75) is 123 Å². The van der Waals surface area contributed by atoms with Crippen molar-refractivity contribution in [1.82, 2.24) is 4.90 Å². The zero-order valence-electron chi connectivity index (χ0n) is 19.9. The first-order chi connectivity index (χ1) is 13.8. The van der Waals surface area contributed by atoms with E-state index < -0.39 is 0 Å². The molecule has 4 nitrogen and oxygen atoms in total.